The molecular weight excluding hydrogens is 581 g/mol. The monoisotopic (exact) mass is 622 g/mol. The first-order chi connectivity index (χ1) is 22.0. The SMILES string of the molecule is CCc1sc(Nc2ccc(-c3nn([C@H]4CC[C@@H](N5CCN(C)CC5)CC4)c4ncnc(N)c34)cc2)nc1-c1ccc(CN)cc1. The molecule has 45 heavy (non-hydrogen) atoms. The number of benzene rings is 2. The van der Waals surface area contributed by atoms with Gasteiger partial charge in [0.05, 0.1) is 17.1 Å². The van der Waals surface area contributed by atoms with E-state index in [4.69, 9.17) is 21.5 Å². The van der Waals surface area contributed by atoms with Crippen molar-refractivity contribution in [1.29, 1.82) is 0 Å². The Morgan fingerprint density at radius 3 is 2.22 bits per heavy atom. The summed E-state index contributed by atoms with van der Waals surface area (Å²) >= 11 is 1.69. The van der Waals surface area contributed by atoms with Gasteiger partial charge in [-0.2, -0.15) is 5.10 Å². The minimum Gasteiger partial charge on any atom is -0.383 e. The predicted molar refractivity (Wildman–Crippen MR) is 184 cm³/mol. The van der Waals surface area contributed by atoms with Crippen LogP contribution in [0.15, 0.2) is 54.9 Å². The molecule has 7 rings (SSSR count). The van der Waals surface area contributed by atoms with Gasteiger partial charge in [-0.15, -0.1) is 11.3 Å². The lowest BCUT2D eigenvalue weighted by Crippen LogP contribution is -2.49. The van der Waals surface area contributed by atoms with Crippen LogP contribution >= 0.6 is 11.3 Å². The topological polar surface area (TPSA) is 127 Å². The summed E-state index contributed by atoms with van der Waals surface area (Å²) in [6.07, 6.45) is 7.02. The van der Waals surface area contributed by atoms with Crippen molar-refractivity contribution in [2.45, 2.75) is 57.7 Å². The fourth-order valence-corrected chi connectivity index (χ4v) is 7.75. The second-order valence-electron chi connectivity index (χ2n) is 12.3. The van der Waals surface area contributed by atoms with Gasteiger partial charge in [-0.25, -0.2) is 19.6 Å². The Bertz CT molecular complexity index is 1740. The summed E-state index contributed by atoms with van der Waals surface area (Å²) in [5.74, 6) is 0.469. The van der Waals surface area contributed by atoms with Crippen LogP contribution < -0.4 is 16.8 Å². The van der Waals surface area contributed by atoms with E-state index in [1.54, 1.807) is 17.7 Å². The summed E-state index contributed by atoms with van der Waals surface area (Å²) in [5.41, 5.74) is 19.1. The minimum atomic E-state index is 0.304. The first-order valence-electron chi connectivity index (χ1n) is 16.1. The second-order valence-corrected chi connectivity index (χ2v) is 13.4. The maximum absolute atomic E-state index is 6.45. The maximum Gasteiger partial charge on any atom is 0.187 e. The van der Waals surface area contributed by atoms with Crippen molar-refractivity contribution >= 4 is 39.0 Å². The highest BCUT2D eigenvalue weighted by Crippen LogP contribution is 2.38. The van der Waals surface area contributed by atoms with Crippen molar-refractivity contribution in [2.75, 3.05) is 44.3 Å². The number of nitrogen functional groups attached to an aromatic ring is 1. The molecule has 0 bridgehead atoms. The predicted octanol–water partition coefficient (Wildman–Crippen LogP) is 5.69. The summed E-state index contributed by atoms with van der Waals surface area (Å²) in [4.78, 5) is 20.3. The highest BCUT2D eigenvalue weighted by molar-refractivity contribution is 7.16. The molecule has 1 aliphatic heterocycles. The molecule has 2 aromatic carbocycles. The van der Waals surface area contributed by atoms with E-state index in [1.165, 1.54) is 30.8 Å². The number of fused-ring (bicyclic) bond motifs is 1. The number of nitrogens with two attached hydrogens (primary N) is 2. The molecule has 5 N–H and O–H groups in total. The quantitative estimate of drug-likeness (QED) is 0.200. The van der Waals surface area contributed by atoms with Gasteiger partial charge in [0.25, 0.3) is 0 Å². The third-order valence-electron chi connectivity index (χ3n) is 9.48. The van der Waals surface area contributed by atoms with Crippen molar-refractivity contribution in [1.82, 2.24) is 34.5 Å². The van der Waals surface area contributed by atoms with Crippen LogP contribution in [0.3, 0.4) is 0 Å². The summed E-state index contributed by atoms with van der Waals surface area (Å²) in [6, 6.07) is 17.6. The minimum absolute atomic E-state index is 0.304. The number of hydrogen-bond acceptors (Lipinski definition) is 10. The normalized spacial score (nSPS) is 19.7. The fraction of sp³-hybridized carbons (Fsp3) is 0.412. The number of aromatic nitrogens is 5. The third kappa shape index (κ3) is 6.05. The molecule has 1 saturated carbocycles. The average Bonchev–Trinajstić information content (AvgIpc) is 3.68. The molecule has 0 amide bonds. The summed E-state index contributed by atoms with van der Waals surface area (Å²) in [7, 11) is 2.22. The number of nitrogens with zero attached hydrogens (tertiary/aromatic N) is 7. The Morgan fingerprint density at radius 2 is 1.53 bits per heavy atom. The van der Waals surface area contributed by atoms with Gasteiger partial charge in [0.1, 0.15) is 17.8 Å². The number of aryl methyl sites for hydroxylation is 1. The van der Waals surface area contributed by atoms with Crippen LogP contribution in [0.1, 0.15) is 49.1 Å². The summed E-state index contributed by atoms with van der Waals surface area (Å²) < 4.78 is 2.12. The smallest absolute Gasteiger partial charge is 0.187 e. The van der Waals surface area contributed by atoms with E-state index < -0.39 is 0 Å². The molecule has 234 valence electrons. The van der Waals surface area contributed by atoms with Crippen molar-refractivity contribution in [2.24, 2.45) is 5.73 Å². The molecule has 5 aromatic rings. The molecule has 2 aliphatic rings. The van der Waals surface area contributed by atoms with Gasteiger partial charge in [0, 0.05) is 60.5 Å². The van der Waals surface area contributed by atoms with E-state index >= 15 is 0 Å². The van der Waals surface area contributed by atoms with Crippen molar-refractivity contribution in [3.8, 4) is 22.5 Å². The first kappa shape index (κ1) is 29.8. The summed E-state index contributed by atoms with van der Waals surface area (Å²) in [6.45, 7) is 7.36. The summed E-state index contributed by atoms with van der Waals surface area (Å²) in [5, 5.41) is 10.4. The molecular formula is C34H42N10S. The lowest BCUT2D eigenvalue weighted by molar-refractivity contribution is 0.0815. The van der Waals surface area contributed by atoms with Crippen LogP contribution in [0.25, 0.3) is 33.5 Å². The Labute approximate surface area is 268 Å². The van der Waals surface area contributed by atoms with Crippen LogP contribution in [-0.4, -0.2) is 73.8 Å². The van der Waals surface area contributed by atoms with Crippen LogP contribution in [0.5, 0.6) is 0 Å². The van der Waals surface area contributed by atoms with Crippen molar-refractivity contribution < 1.29 is 0 Å². The van der Waals surface area contributed by atoms with Crippen molar-refractivity contribution in [3.63, 3.8) is 0 Å². The van der Waals surface area contributed by atoms with E-state index in [-0.39, 0.29) is 0 Å². The van der Waals surface area contributed by atoms with Gasteiger partial charge < -0.3 is 21.7 Å². The van der Waals surface area contributed by atoms with Gasteiger partial charge >= 0.3 is 0 Å². The molecule has 4 heterocycles. The molecule has 0 unspecified atom stereocenters. The van der Waals surface area contributed by atoms with Crippen LogP contribution in [-0.2, 0) is 13.0 Å². The van der Waals surface area contributed by atoms with E-state index in [9.17, 15) is 0 Å². The number of hydrogen-bond donors (Lipinski definition) is 3. The molecule has 1 saturated heterocycles. The lowest BCUT2D eigenvalue weighted by Gasteiger charge is -2.41. The molecule has 0 spiro atoms. The van der Waals surface area contributed by atoms with Gasteiger partial charge in [0.15, 0.2) is 10.8 Å². The molecule has 10 nitrogen and oxygen atoms in total. The third-order valence-corrected chi connectivity index (χ3v) is 10.6. The molecule has 1 aliphatic carbocycles. The van der Waals surface area contributed by atoms with Crippen LogP contribution in [0.2, 0.25) is 0 Å². The van der Waals surface area contributed by atoms with E-state index in [1.807, 2.05) is 0 Å². The Hall–Kier alpha value is -3.90. The van der Waals surface area contributed by atoms with E-state index in [0.717, 1.165) is 82.3 Å². The van der Waals surface area contributed by atoms with Crippen LogP contribution in [0, 0.1) is 0 Å². The molecule has 0 atom stereocenters. The zero-order chi connectivity index (χ0) is 30.9. The Kier molecular flexibility index (Phi) is 8.50. The second kappa shape index (κ2) is 12.8. The highest BCUT2D eigenvalue weighted by atomic mass is 32.1. The van der Waals surface area contributed by atoms with Gasteiger partial charge in [-0.1, -0.05) is 43.3 Å². The van der Waals surface area contributed by atoms with E-state index in [0.29, 0.717) is 24.4 Å². The Morgan fingerprint density at radius 1 is 0.867 bits per heavy atom. The standard InChI is InChI=1S/C34H42N10S/c1-3-28-30(23-6-4-22(20-35)5-7-23)40-34(45-28)39-25-10-8-24(9-11-25)31-29-32(36)37-21-38-33(29)44(41-31)27-14-12-26(13-15-27)43-18-16-42(2)17-19-43/h4-11,21,26-27H,3,12-20,35H2,1-2H3,(H,39,40)(H2,36,37,38)/t26-,27+. The zero-order valence-corrected chi connectivity index (χ0v) is 26.9. The number of rotatable bonds is 8. The highest BCUT2D eigenvalue weighted by Gasteiger charge is 2.30. The molecule has 3 aromatic heterocycles. The largest absolute Gasteiger partial charge is 0.383 e. The average molecular weight is 623 g/mol. The van der Waals surface area contributed by atoms with Gasteiger partial charge in [-0.3, -0.25) is 4.90 Å². The van der Waals surface area contributed by atoms with E-state index in [2.05, 4.69) is 92.3 Å². The fourth-order valence-electron chi connectivity index (χ4n) is 6.81. The number of nitrogens with one attached hydrogen (secondary N) is 1. The van der Waals surface area contributed by atoms with Crippen molar-refractivity contribution in [3.05, 3.63) is 65.3 Å². The molecule has 11 heteroatoms. The zero-order valence-electron chi connectivity index (χ0n) is 26.1. The number of anilines is 3. The molecule has 0 radical (unpaired) electrons. The number of likely N-dealkylation sites (N-methyl/N-ethyl adjacent to an activating group) is 1. The number of piperazine rings is 1. The van der Waals surface area contributed by atoms with Gasteiger partial charge in [-0.05, 0) is 56.8 Å². The van der Waals surface area contributed by atoms with Gasteiger partial charge in [0.2, 0.25) is 0 Å². The molecule has 2 fully saturated rings. The lowest BCUT2D eigenvalue weighted by atomic mass is 9.90. The van der Waals surface area contributed by atoms with Crippen LogP contribution in [0.4, 0.5) is 16.6 Å². The number of thiazole rings is 1. The maximum atomic E-state index is 6.45. The first-order valence-corrected chi connectivity index (χ1v) is 16.9. The Balaban J connectivity index is 1.10.